The molecule has 1 fully saturated rings. The number of rotatable bonds is 7. The van der Waals surface area contributed by atoms with Crippen molar-refractivity contribution in [3.8, 4) is 0 Å². The van der Waals surface area contributed by atoms with Gasteiger partial charge in [0.15, 0.2) is 0 Å². The van der Waals surface area contributed by atoms with E-state index in [4.69, 9.17) is 5.11 Å². The minimum Gasteiger partial charge on any atom is -0.481 e. The summed E-state index contributed by atoms with van der Waals surface area (Å²) < 4.78 is 4.47. The second kappa shape index (κ2) is 7.11. The van der Waals surface area contributed by atoms with Crippen molar-refractivity contribution in [1.29, 1.82) is 0 Å². The first-order chi connectivity index (χ1) is 8.97. The lowest BCUT2D eigenvalue weighted by Gasteiger charge is -2.26. The summed E-state index contributed by atoms with van der Waals surface area (Å²) in [7, 11) is 1.30. The number of ether oxygens (including phenoxy) is 1. The number of hydrogen-bond acceptors (Lipinski definition) is 4. The molecule has 19 heavy (non-hydrogen) atoms. The maximum atomic E-state index is 11.8. The second-order valence-electron chi connectivity index (χ2n) is 5.13. The van der Waals surface area contributed by atoms with Gasteiger partial charge in [-0.15, -0.1) is 0 Å². The molecule has 6 heteroatoms. The number of hydrogen-bond donors (Lipinski definition) is 2. The molecule has 1 aliphatic rings. The summed E-state index contributed by atoms with van der Waals surface area (Å²) in [4.78, 5) is 33.6. The van der Waals surface area contributed by atoms with Crippen LogP contribution in [0.5, 0.6) is 0 Å². The van der Waals surface area contributed by atoms with Crippen LogP contribution in [0, 0.1) is 5.41 Å². The normalized spacial score (nSPS) is 16.9. The Bertz CT molecular complexity index is 347. The van der Waals surface area contributed by atoms with Gasteiger partial charge in [0.25, 0.3) is 0 Å². The van der Waals surface area contributed by atoms with Gasteiger partial charge in [0.1, 0.15) is 0 Å². The Balaban J connectivity index is 2.39. The molecule has 0 atom stereocenters. The smallest absolute Gasteiger partial charge is 0.307 e. The Morgan fingerprint density at radius 3 is 2.37 bits per heavy atom. The number of nitrogens with one attached hydrogen (secondary N) is 1. The molecule has 1 aliphatic carbocycles. The number of methoxy groups -OCH3 is 1. The van der Waals surface area contributed by atoms with Crippen LogP contribution in [0.4, 0.5) is 0 Å². The van der Waals surface area contributed by atoms with Gasteiger partial charge in [0.2, 0.25) is 5.91 Å². The molecule has 0 aliphatic heterocycles. The van der Waals surface area contributed by atoms with Crippen molar-refractivity contribution >= 4 is 17.8 Å². The number of carboxylic acid groups (broad SMARTS) is 1. The zero-order valence-electron chi connectivity index (χ0n) is 11.2. The molecule has 0 aromatic heterocycles. The van der Waals surface area contributed by atoms with E-state index in [-0.39, 0.29) is 37.7 Å². The van der Waals surface area contributed by atoms with Crippen LogP contribution in [0.25, 0.3) is 0 Å². The fourth-order valence-corrected chi connectivity index (χ4v) is 2.67. The van der Waals surface area contributed by atoms with Crippen LogP contribution in [-0.4, -0.2) is 36.6 Å². The van der Waals surface area contributed by atoms with Gasteiger partial charge in [-0.2, -0.15) is 0 Å². The highest BCUT2D eigenvalue weighted by molar-refractivity contribution is 5.79. The van der Waals surface area contributed by atoms with Crippen LogP contribution < -0.4 is 5.32 Å². The molecule has 0 bridgehead atoms. The van der Waals surface area contributed by atoms with Gasteiger partial charge in [0.05, 0.1) is 20.0 Å². The predicted octanol–water partition coefficient (Wildman–Crippen LogP) is 1.09. The maximum absolute atomic E-state index is 11.8. The van der Waals surface area contributed by atoms with Crippen LogP contribution in [0.15, 0.2) is 0 Å². The lowest BCUT2D eigenvalue weighted by Crippen LogP contribution is -2.33. The van der Waals surface area contributed by atoms with Crippen LogP contribution in [0.2, 0.25) is 0 Å². The van der Waals surface area contributed by atoms with Gasteiger partial charge in [0, 0.05) is 13.0 Å². The topological polar surface area (TPSA) is 92.7 Å². The molecular weight excluding hydrogens is 250 g/mol. The second-order valence-corrected chi connectivity index (χ2v) is 5.13. The highest BCUT2D eigenvalue weighted by Crippen LogP contribution is 2.43. The number of carbonyl (C=O) groups is 3. The summed E-state index contributed by atoms with van der Waals surface area (Å²) in [6.07, 6.45) is 3.91. The van der Waals surface area contributed by atoms with E-state index in [1.807, 2.05) is 0 Å². The molecule has 0 aromatic rings. The van der Waals surface area contributed by atoms with E-state index in [9.17, 15) is 14.4 Å². The first-order valence-corrected chi connectivity index (χ1v) is 6.53. The lowest BCUT2D eigenvalue weighted by molar-refractivity contribution is -0.141. The van der Waals surface area contributed by atoms with Crippen molar-refractivity contribution in [2.45, 2.75) is 44.9 Å². The van der Waals surface area contributed by atoms with Gasteiger partial charge >= 0.3 is 11.9 Å². The third-order valence-corrected chi connectivity index (χ3v) is 3.60. The monoisotopic (exact) mass is 271 g/mol. The molecule has 0 unspecified atom stereocenters. The van der Waals surface area contributed by atoms with E-state index in [0.29, 0.717) is 0 Å². The zero-order valence-corrected chi connectivity index (χ0v) is 11.2. The van der Waals surface area contributed by atoms with Crippen molar-refractivity contribution in [2.24, 2.45) is 5.41 Å². The van der Waals surface area contributed by atoms with Crippen molar-refractivity contribution in [3.05, 3.63) is 0 Å². The number of carboxylic acids is 1. The minimum absolute atomic E-state index is 0.0391. The Hall–Kier alpha value is -1.59. The third-order valence-electron chi connectivity index (χ3n) is 3.60. The van der Waals surface area contributed by atoms with E-state index in [1.165, 1.54) is 7.11 Å². The highest BCUT2D eigenvalue weighted by Gasteiger charge is 2.37. The summed E-state index contributed by atoms with van der Waals surface area (Å²) in [5, 5.41) is 11.6. The molecule has 108 valence electrons. The lowest BCUT2D eigenvalue weighted by atomic mass is 9.79. The fraction of sp³-hybridized carbons (Fsp3) is 0.769. The standard InChI is InChI=1S/C13H21NO5/c1-19-12(18)4-7-14-10(15)8-13(9-11(16)17)5-2-3-6-13/h2-9H2,1H3,(H,14,15)(H,16,17). The molecule has 0 aromatic carbocycles. The Morgan fingerprint density at radius 1 is 1.21 bits per heavy atom. The number of amides is 1. The van der Waals surface area contributed by atoms with Crippen LogP contribution in [0.3, 0.4) is 0 Å². The summed E-state index contributed by atoms with van der Waals surface area (Å²) in [6, 6.07) is 0. The number of carbonyl (C=O) groups excluding carboxylic acids is 2. The average molecular weight is 271 g/mol. The van der Waals surface area contributed by atoms with Gasteiger partial charge in [-0.3, -0.25) is 14.4 Å². The minimum atomic E-state index is -0.857. The van der Waals surface area contributed by atoms with Gasteiger partial charge < -0.3 is 15.2 Å². The molecule has 0 spiro atoms. The molecule has 1 amide bonds. The number of esters is 1. The van der Waals surface area contributed by atoms with E-state index < -0.39 is 11.4 Å². The summed E-state index contributed by atoms with van der Waals surface area (Å²) in [5.41, 5.74) is -0.402. The molecule has 1 rings (SSSR count). The van der Waals surface area contributed by atoms with Crippen molar-refractivity contribution in [2.75, 3.05) is 13.7 Å². The summed E-state index contributed by atoms with van der Waals surface area (Å²) in [6.45, 7) is 0.231. The molecule has 0 radical (unpaired) electrons. The quantitative estimate of drug-likeness (QED) is 0.676. The molecular formula is C13H21NO5. The van der Waals surface area contributed by atoms with Gasteiger partial charge in [-0.05, 0) is 18.3 Å². The first-order valence-electron chi connectivity index (χ1n) is 6.53. The van der Waals surface area contributed by atoms with Crippen LogP contribution in [-0.2, 0) is 19.1 Å². The predicted molar refractivity (Wildman–Crippen MR) is 67.4 cm³/mol. The SMILES string of the molecule is COC(=O)CCNC(=O)CC1(CC(=O)O)CCCC1. The molecule has 0 heterocycles. The van der Waals surface area contributed by atoms with Crippen molar-refractivity contribution in [3.63, 3.8) is 0 Å². The maximum Gasteiger partial charge on any atom is 0.307 e. The summed E-state index contributed by atoms with van der Waals surface area (Å²) >= 11 is 0. The van der Waals surface area contributed by atoms with Crippen LogP contribution >= 0.6 is 0 Å². The number of aliphatic carboxylic acids is 1. The zero-order chi connectivity index (χ0) is 14.3. The van der Waals surface area contributed by atoms with Crippen LogP contribution in [0.1, 0.15) is 44.9 Å². The van der Waals surface area contributed by atoms with Gasteiger partial charge in [-0.25, -0.2) is 0 Å². The molecule has 1 saturated carbocycles. The Kier molecular flexibility index (Phi) is 5.79. The molecule has 6 nitrogen and oxygen atoms in total. The molecule has 0 saturated heterocycles. The largest absolute Gasteiger partial charge is 0.481 e. The third kappa shape index (κ3) is 5.28. The highest BCUT2D eigenvalue weighted by atomic mass is 16.5. The van der Waals surface area contributed by atoms with E-state index in [0.717, 1.165) is 25.7 Å². The van der Waals surface area contributed by atoms with Gasteiger partial charge in [-0.1, -0.05) is 12.8 Å². The first kappa shape index (κ1) is 15.5. The van der Waals surface area contributed by atoms with Crippen molar-refractivity contribution in [1.82, 2.24) is 5.32 Å². The van der Waals surface area contributed by atoms with E-state index in [1.54, 1.807) is 0 Å². The fourth-order valence-electron chi connectivity index (χ4n) is 2.67. The van der Waals surface area contributed by atoms with Crippen molar-refractivity contribution < 1.29 is 24.2 Å². The Labute approximate surface area is 112 Å². The Morgan fingerprint density at radius 2 is 1.84 bits per heavy atom. The molecule has 2 N–H and O–H groups in total. The average Bonchev–Trinajstić information content (AvgIpc) is 2.75. The van der Waals surface area contributed by atoms with E-state index in [2.05, 4.69) is 10.1 Å². The van der Waals surface area contributed by atoms with E-state index >= 15 is 0 Å². The summed E-state index contributed by atoms with van der Waals surface area (Å²) in [5.74, 6) is -1.42.